The average Bonchev–Trinajstić information content (AvgIpc) is 3.17. The van der Waals surface area contributed by atoms with Gasteiger partial charge < -0.3 is 10.1 Å². The van der Waals surface area contributed by atoms with Crippen molar-refractivity contribution in [3.05, 3.63) is 82.7 Å². The molecule has 0 aliphatic carbocycles. The van der Waals surface area contributed by atoms with Gasteiger partial charge in [-0.05, 0) is 36.2 Å². The molecule has 0 bridgehead atoms. The van der Waals surface area contributed by atoms with Crippen molar-refractivity contribution >= 4 is 11.6 Å². The Balaban J connectivity index is 1.42. The molecule has 1 aliphatic heterocycles. The Morgan fingerprint density at radius 2 is 1.90 bits per heavy atom. The Kier molecular flexibility index (Phi) is 5.47. The highest BCUT2D eigenvalue weighted by molar-refractivity contribution is 6.14. The van der Waals surface area contributed by atoms with Crippen LogP contribution in [-0.4, -0.2) is 33.7 Å². The number of carbonyl (C=O) groups excluding carboxylic acids is 1. The average molecular weight is 405 g/mol. The van der Waals surface area contributed by atoms with Crippen LogP contribution in [0.15, 0.2) is 53.9 Å². The molecule has 3 heterocycles. The van der Waals surface area contributed by atoms with Gasteiger partial charge in [0.15, 0.2) is 0 Å². The summed E-state index contributed by atoms with van der Waals surface area (Å²) in [6.45, 7) is 2.37. The van der Waals surface area contributed by atoms with E-state index in [4.69, 9.17) is 4.74 Å². The molecule has 1 N–H and O–H groups in total. The summed E-state index contributed by atoms with van der Waals surface area (Å²) in [6.07, 6.45) is 5.22. The number of pyridine rings is 1. The van der Waals surface area contributed by atoms with Crippen LogP contribution in [-0.2, 0) is 17.8 Å². The molecule has 0 fully saturated rings. The van der Waals surface area contributed by atoms with Gasteiger partial charge in [-0.3, -0.25) is 14.8 Å². The van der Waals surface area contributed by atoms with Crippen LogP contribution in [0, 0.1) is 5.82 Å². The van der Waals surface area contributed by atoms with E-state index in [0.717, 1.165) is 28.0 Å². The molecule has 0 saturated heterocycles. The summed E-state index contributed by atoms with van der Waals surface area (Å²) in [5.41, 5.74) is 4.99. The minimum absolute atomic E-state index is 0.151. The maximum absolute atomic E-state index is 13.1. The largest absolute Gasteiger partial charge is 0.467 e. The van der Waals surface area contributed by atoms with E-state index in [-0.39, 0.29) is 24.2 Å². The van der Waals surface area contributed by atoms with Gasteiger partial charge >= 0.3 is 6.01 Å². The second kappa shape index (κ2) is 8.36. The van der Waals surface area contributed by atoms with Gasteiger partial charge in [-0.1, -0.05) is 12.1 Å². The summed E-state index contributed by atoms with van der Waals surface area (Å²) in [4.78, 5) is 29.7. The first-order valence-corrected chi connectivity index (χ1v) is 9.47. The maximum atomic E-state index is 13.1. The van der Waals surface area contributed by atoms with Crippen molar-refractivity contribution in [1.82, 2.24) is 20.3 Å². The fourth-order valence-electron chi connectivity index (χ4n) is 3.32. The second-order valence-corrected chi connectivity index (χ2v) is 6.97. The number of hydrogen-bond donors (Lipinski definition) is 1. The smallest absolute Gasteiger partial charge is 0.316 e. The predicted molar refractivity (Wildman–Crippen MR) is 109 cm³/mol. The highest BCUT2D eigenvalue weighted by Crippen LogP contribution is 2.23. The standard InChI is InChI=1S/C22H20FN5O2/c1-13(14-3-5-17(23)6-4-14)28-20(29)8-18-7-15-9-25-21(19(15)12-24-18)16-10-26-22(30-2)27-11-16/h3-7,10-13H,8-9H2,1-2H3,(H,28,29)/t13-/m1/s1. The summed E-state index contributed by atoms with van der Waals surface area (Å²) in [7, 11) is 1.51. The van der Waals surface area contributed by atoms with Gasteiger partial charge in [0.2, 0.25) is 5.91 Å². The molecule has 2 aromatic heterocycles. The Bertz CT molecular complexity index is 1100. The van der Waals surface area contributed by atoms with E-state index >= 15 is 0 Å². The monoisotopic (exact) mass is 405 g/mol. The zero-order valence-electron chi connectivity index (χ0n) is 16.6. The number of carbonyl (C=O) groups is 1. The molecule has 0 unspecified atom stereocenters. The van der Waals surface area contributed by atoms with Gasteiger partial charge in [0.05, 0.1) is 37.5 Å². The van der Waals surface area contributed by atoms with Gasteiger partial charge in [0, 0.05) is 29.7 Å². The fraction of sp³-hybridized carbons (Fsp3) is 0.227. The molecule has 8 heteroatoms. The number of rotatable bonds is 6. The number of hydrogen-bond acceptors (Lipinski definition) is 6. The molecule has 3 aromatic rings. The topological polar surface area (TPSA) is 89.4 Å². The molecule has 0 radical (unpaired) electrons. The lowest BCUT2D eigenvalue weighted by Crippen LogP contribution is -2.28. The van der Waals surface area contributed by atoms with Crippen LogP contribution in [0.4, 0.5) is 4.39 Å². The summed E-state index contributed by atoms with van der Waals surface area (Å²) in [6, 6.07) is 8.06. The number of fused-ring (bicyclic) bond motifs is 1. The number of methoxy groups -OCH3 is 1. The number of benzene rings is 1. The summed E-state index contributed by atoms with van der Waals surface area (Å²) in [5, 5.41) is 2.92. The highest BCUT2D eigenvalue weighted by Gasteiger charge is 2.20. The van der Waals surface area contributed by atoms with Crippen LogP contribution in [0.3, 0.4) is 0 Å². The normalized spacial score (nSPS) is 13.4. The number of halogens is 1. The van der Waals surface area contributed by atoms with E-state index in [2.05, 4.69) is 25.3 Å². The zero-order valence-corrected chi connectivity index (χ0v) is 16.6. The van der Waals surface area contributed by atoms with Gasteiger partial charge in [0.25, 0.3) is 0 Å². The minimum atomic E-state index is -0.303. The van der Waals surface area contributed by atoms with Crippen molar-refractivity contribution in [1.29, 1.82) is 0 Å². The third kappa shape index (κ3) is 4.17. The molecule has 152 valence electrons. The molecular weight excluding hydrogens is 385 g/mol. The number of aliphatic imine (C=N–C) groups is 1. The molecular formula is C22H20FN5O2. The minimum Gasteiger partial charge on any atom is -0.467 e. The number of nitrogens with one attached hydrogen (secondary N) is 1. The van der Waals surface area contributed by atoms with Crippen molar-refractivity contribution in [2.24, 2.45) is 4.99 Å². The van der Waals surface area contributed by atoms with Crippen molar-refractivity contribution in [3.8, 4) is 6.01 Å². The summed E-state index contributed by atoms with van der Waals surface area (Å²) >= 11 is 0. The zero-order chi connectivity index (χ0) is 21.1. The summed E-state index contributed by atoms with van der Waals surface area (Å²) in [5.74, 6) is -0.454. The molecule has 30 heavy (non-hydrogen) atoms. The lowest BCUT2D eigenvalue weighted by molar-refractivity contribution is -0.121. The van der Waals surface area contributed by atoms with E-state index in [1.54, 1.807) is 30.7 Å². The molecule has 1 aliphatic rings. The van der Waals surface area contributed by atoms with E-state index in [0.29, 0.717) is 18.2 Å². The molecule has 4 rings (SSSR count). The predicted octanol–water partition coefficient (Wildman–Crippen LogP) is 2.79. The molecule has 1 atom stereocenters. The molecule has 1 amide bonds. The van der Waals surface area contributed by atoms with E-state index in [9.17, 15) is 9.18 Å². The van der Waals surface area contributed by atoms with Crippen LogP contribution in [0.5, 0.6) is 6.01 Å². The van der Waals surface area contributed by atoms with Crippen molar-refractivity contribution < 1.29 is 13.9 Å². The lowest BCUT2D eigenvalue weighted by Gasteiger charge is -2.14. The third-order valence-corrected chi connectivity index (χ3v) is 4.88. The highest BCUT2D eigenvalue weighted by atomic mass is 19.1. The number of aromatic nitrogens is 3. The van der Waals surface area contributed by atoms with Gasteiger partial charge in [0.1, 0.15) is 5.82 Å². The molecule has 7 nitrogen and oxygen atoms in total. The Labute approximate surface area is 173 Å². The van der Waals surface area contributed by atoms with Gasteiger partial charge in [-0.25, -0.2) is 14.4 Å². The number of amides is 1. The Morgan fingerprint density at radius 3 is 2.60 bits per heavy atom. The van der Waals surface area contributed by atoms with Crippen LogP contribution in [0.25, 0.3) is 0 Å². The van der Waals surface area contributed by atoms with E-state index < -0.39 is 0 Å². The molecule has 0 saturated carbocycles. The fourth-order valence-corrected chi connectivity index (χ4v) is 3.32. The van der Waals surface area contributed by atoms with E-state index in [1.165, 1.54) is 19.2 Å². The van der Waals surface area contributed by atoms with E-state index in [1.807, 2.05) is 13.0 Å². The van der Waals surface area contributed by atoms with Crippen LogP contribution >= 0.6 is 0 Å². The first-order chi connectivity index (χ1) is 14.5. The van der Waals surface area contributed by atoms with Crippen molar-refractivity contribution in [2.45, 2.75) is 25.9 Å². The van der Waals surface area contributed by atoms with Crippen LogP contribution in [0.2, 0.25) is 0 Å². The van der Waals surface area contributed by atoms with Crippen molar-refractivity contribution in [3.63, 3.8) is 0 Å². The molecule has 0 spiro atoms. The summed E-state index contributed by atoms with van der Waals surface area (Å²) < 4.78 is 18.0. The quantitative estimate of drug-likeness (QED) is 0.681. The van der Waals surface area contributed by atoms with Gasteiger partial charge in [-0.15, -0.1) is 0 Å². The Morgan fingerprint density at radius 1 is 1.17 bits per heavy atom. The first-order valence-electron chi connectivity index (χ1n) is 9.47. The lowest BCUT2D eigenvalue weighted by atomic mass is 10.0. The first kappa shape index (κ1) is 19.6. The Hall–Kier alpha value is -3.68. The van der Waals surface area contributed by atoms with Crippen molar-refractivity contribution in [2.75, 3.05) is 7.11 Å². The number of nitrogens with zero attached hydrogens (tertiary/aromatic N) is 4. The SMILES string of the molecule is COc1ncc(C2=NCc3cc(CC(=O)N[C@H](C)c4ccc(F)cc4)ncc32)cn1. The maximum Gasteiger partial charge on any atom is 0.316 e. The van der Waals surface area contributed by atoms with Gasteiger partial charge in [-0.2, -0.15) is 0 Å². The number of ether oxygens (including phenoxy) is 1. The second-order valence-electron chi connectivity index (χ2n) is 6.97. The third-order valence-electron chi connectivity index (χ3n) is 4.88. The molecule has 1 aromatic carbocycles. The van der Waals surface area contributed by atoms with Crippen LogP contribution < -0.4 is 10.1 Å². The van der Waals surface area contributed by atoms with Crippen LogP contribution in [0.1, 0.15) is 40.9 Å².